The Kier molecular flexibility index (Phi) is 4.68. The molecule has 0 spiro atoms. The van der Waals surface area contributed by atoms with E-state index in [1.807, 2.05) is 0 Å². The van der Waals surface area contributed by atoms with Gasteiger partial charge in [-0.25, -0.2) is 9.78 Å². The van der Waals surface area contributed by atoms with Gasteiger partial charge in [0.25, 0.3) is 0 Å². The zero-order chi connectivity index (χ0) is 14.7. The molecule has 1 aromatic heterocycles. The molecule has 1 heterocycles. The van der Waals surface area contributed by atoms with Crippen LogP contribution in [0.25, 0.3) is 10.9 Å². The van der Waals surface area contributed by atoms with Gasteiger partial charge in [0, 0.05) is 11.3 Å². The topological polar surface area (TPSA) is 48.4 Å². The van der Waals surface area contributed by atoms with Gasteiger partial charge in [0.2, 0.25) is 0 Å². The lowest BCUT2D eigenvalue weighted by Crippen LogP contribution is -2.10. The Labute approximate surface area is 126 Å². The average Bonchev–Trinajstić information content (AvgIpc) is 2.45. The number of halogens is 2. The summed E-state index contributed by atoms with van der Waals surface area (Å²) in [5.41, 5.74) is 1.46. The van der Waals surface area contributed by atoms with Crippen LogP contribution in [0.5, 0.6) is 5.75 Å². The minimum atomic E-state index is -0.523. The van der Waals surface area contributed by atoms with Crippen LogP contribution in [0.3, 0.4) is 0 Å². The number of fused-ring (bicyclic) bond motifs is 1. The minimum absolute atomic E-state index is 0.0942. The molecule has 0 amide bonds. The molecular weight excluding hydrogens is 301 g/mol. The summed E-state index contributed by atoms with van der Waals surface area (Å²) >= 11 is 12.1. The largest absolute Gasteiger partial charge is 0.497 e. The number of carbonyl (C=O) groups is 1. The molecule has 0 bridgehead atoms. The van der Waals surface area contributed by atoms with Crippen molar-refractivity contribution in [2.45, 2.75) is 12.8 Å². The Balaban J connectivity index is 2.73. The zero-order valence-electron chi connectivity index (χ0n) is 11.1. The van der Waals surface area contributed by atoms with Gasteiger partial charge in [-0.3, -0.25) is 0 Å². The Morgan fingerprint density at radius 3 is 2.75 bits per heavy atom. The predicted molar refractivity (Wildman–Crippen MR) is 78.8 cm³/mol. The molecule has 0 N–H and O–H groups in total. The second kappa shape index (κ2) is 6.29. The number of aromatic nitrogens is 1. The Morgan fingerprint density at radius 1 is 1.40 bits per heavy atom. The van der Waals surface area contributed by atoms with Gasteiger partial charge in [-0.05, 0) is 30.7 Å². The lowest BCUT2D eigenvalue weighted by Gasteiger charge is -2.12. The van der Waals surface area contributed by atoms with Crippen LogP contribution < -0.4 is 4.74 Å². The molecule has 6 heteroatoms. The SMILES string of the molecule is CCOC(=O)c1c(Cl)nc2ccc(OC)cc2c1CCl. The van der Waals surface area contributed by atoms with Crippen LogP contribution in [0.1, 0.15) is 22.8 Å². The van der Waals surface area contributed by atoms with Crippen molar-refractivity contribution < 1.29 is 14.3 Å². The molecule has 0 aliphatic rings. The molecule has 0 saturated heterocycles. The number of hydrogen-bond acceptors (Lipinski definition) is 4. The number of ether oxygens (including phenoxy) is 2. The summed E-state index contributed by atoms with van der Waals surface area (Å²) in [6.07, 6.45) is 0. The van der Waals surface area contributed by atoms with E-state index in [4.69, 9.17) is 32.7 Å². The van der Waals surface area contributed by atoms with Crippen LogP contribution in [-0.2, 0) is 10.6 Å². The van der Waals surface area contributed by atoms with Gasteiger partial charge in [-0.1, -0.05) is 11.6 Å². The molecule has 0 aliphatic carbocycles. The van der Waals surface area contributed by atoms with E-state index >= 15 is 0 Å². The summed E-state index contributed by atoms with van der Waals surface area (Å²) in [4.78, 5) is 16.2. The molecule has 0 aliphatic heterocycles. The molecular formula is C14H13Cl2NO3. The van der Waals surface area contributed by atoms with Crippen molar-refractivity contribution in [1.29, 1.82) is 0 Å². The number of pyridine rings is 1. The van der Waals surface area contributed by atoms with Crippen molar-refractivity contribution in [3.8, 4) is 5.75 Å². The normalized spacial score (nSPS) is 10.6. The van der Waals surface area contributed by atoms with E-state index in [9.17, 15) is 4.79 Å². The van der Waals surface area contributed by atoms with Gasteiger partial charge < -0.3 is 9.47 Å². The molecule has 0 atom stereocenters. The second-order valence-corrected chi connectivity index (χ2v) is 4.62. The maximum Gasteiger partial charge on any atom is 0.341 e. The summed E-state index contributed by atoms with van der Waals surface area (Å²) in [5.74, 6) is 0.258. The molecule has 0 radical (unpaired) electrons. The quantitative estimate of drug-likeness (QED) is 0.489. The predicted octanol–water partition coefficient (Wildman–Crippen LogP) is 3.81. The highest BCUT2D eigenvalue weighted by molar-refractivity contribution is 6.33. The zero-order valence-corrected chi connectivity index (χ0v) is 12.6. The molecule has 0 saturated carbocycles. The van der Waals surface area contributed by atoms with E-state index in [1.54, 1.807) is 32.2 Å². The Hall–Kier alpha value is -1.52. The number of nitrogens with zero attached hydrogens (tertiary/aromatic N) is 1. The van der Waals surface area contributed by atoms with Crippen LogP contribution in [0.4, 0.5) is 0 Å². The Morgan fingerprint density at radius 2 is 2.15 bits per heavy atom. The fourth-order valence-electron chi connectivity index (χ4n) is 1.95. The van der Waals surface area contributed by atoms with Gasteiger partial charge in [0.1, 0.15) is 16.5 Å². The number of rotatable bonds is 4. The molecule has 0 unspecified atom stereocenters. The third kappa shape index (κ3) is 2.67. The first-order valence-corrected chi connectivity index (χ1v) is 6.92. The first kappa shape index (κ1) is 14.9. The highest BCUT2D eigenvalue weighted by atomic mass is 35.5. The van der Waals surface area contributed by atoms with Gasteiger partial charge in [-0.15, -0.1) is 11.6 Å². The van der Waals surface area contributed by atoms with Crippen LogP contribution >= 0.6 is 23.2 Å². The average molecular weight is 314 g/mol. The maximum absolute atomic E-state index is 12.0. The van der Waals surface area contributed by atoms with Gasteiger partial charge in [0.15, 0.2) is 0 Å². The minimum Gasteiger partial charge on any atom is -0.497 e. The lowest BCUT2D eigenvalue weighted by molar-refractivity contribution is 0.0525. The monoisotopic (exact) mass is 313 g/mol. The number of alkyl halides is 1. The van der Waals surface area contributed by atoms with Crippen LogP contribution in [0.15, 0.2) is 18.2 Å². The van der Waals surface area contributed by atoms with E-state index in [0.717, 1.165) is 5.39 Å². The number of methoxy groups -OCH3 is 1. The van der Waals surface area contributed by atoms with Crippen LogP contribution in [0, 0.1) is 0 Å². The number of carbonyl (C=O) groups excluding carboxylic acids is 1. The maximum atomic E-state index is 12.0. The first-order valence-electron chi connectivity index (χ1n) is 6.01. The summed E-state index contributed by atoms with van der Waals surface area (Å²) in [7, 11) is 1.57. The standard InChI is InChI=1S/C14H13Cl2NO3/c1-3-20-14(18)12-10(7-15)9-6-8(19-2)4-5-11(9)17-13(12)16/h4-6H,3,7H2,1-2H3. The summed E-state index contributed by atoms with van der Waals surface area (Å²) < 4.78 is 10.2. The molecule has 106 valence electrons. The van der Waals surface area contributed by atoms with Crippen molar-refractivity contribution in [2.24, 2.45) is 0 Å². The number of hydrogen-bond donors (Lipinski definition) is 0. The van der Waals surface area contributed by atoms with Crippen LogP contribution in [-0.4, -0.2) is 24.7 Å². The number of esters is 1. The molecule has 2 aromatic rings. The van der Waals surface area contributed by atoms with Crippen molar-refractivity contribution in [3.63, 3.8) is 0 Å². The fourth-order valence-corrected chi connectivity index (χ4v) is 2.51. The lowest BCUT2D eigenvalue weighted by atomic mass is 10.0. The van der Waals surface area contributed by atoms with Gasteiger partial charge in [-0.2, -0.15) is 0 Å². The fraction of sp³-hybridized carbons (Fsp3) is 0.286. The summed E-state index contributed by atoms with van der Waals surface area (Å²) in [5, 5.41) is 0.823. The van der Waals surface area contributed by atoms with Crippen LogP contribution in [0.2, 0.25) is 5.15 Å². The van der Waals surface area contributed by atoms with Gasteiger partial charge >= 0.3 is 5.97 Å². The second-order valence-electron chi connectivity index (χ2n) is 3.99. The smallest absolute Gasteiger partial charge is 0.341 e. The summed E-state index contributed by atoms with van der Waals surface area (Å²) in [6, 6.07) is 5.32. The van der Waals surface area contributed by atoms with E-state index in [0.29, 0.717) is 16.8 Å². The van der Waals surface area contributed by atoms with E-state index in [-0.39, 0.29) is 23.2 Å². The van der Waals surface area contributed by atoms with E-state index < -0.39 is 5.97 Å². The van der Waals surface area contributed by atoms with E-state index in [1.165, 1.54) is 0 Å². The molecule has 20 heavy (non-hydrogen) atoms. The highest BCUT2D eigenvalue weighted by Gasteiger charge is 2.21. The van der Waals surface area contributed by atoms with E-state index in [2.05, 4.69) is 4.98 Å². The number of benzene rings is 1. The molecule has 0 fully saturated rings. The van der Waals surface area contributed by atoms with Crippen molar-refractivity contribution >= 4 is 40.1 Å². The summed E-state index contributed by atoms with van der Waals surface area (Å²) in [6.45, 7) is 1.98. The van der Waals surface area contributed by atoms with Crippen molar-refractivity contribution in [2.75, 3.05) is 13.7 Å². The first-order chi connectivity index (χ1) is 9.62. The van der Waals surface area contributed by atoms with Crippen molar-refractivity contribution in [1.82, 2.24) is 4.98 Å². The third-order valence-electron chi connectivity index (χ3n) is 2.87. The molecule has 4 nitrogen and oxygen atoms in total. The third-order valence-corrected chi connectivity index (χ3v) is 3.41. The Bertz CT molecular complexity index is 658. The van der Waals surface area contributed by atoms with Gasteiger partial charge in [0.05, 0.1) is 19.2 Å². The van der Waals surface area contributed by atoms with Crippen molar-refractivity contribution in [3.05, 3.63) is 34.5 Å². The highest BCUT2D eigenvalue weighted by Crippen LogP contribution is 2.31. The molecule has 1 aromatic carbocycles. The molecule has 2 rings (SSSR count).